The van der Waals surface area contributed by atoms with E-state index < -0.39 is 0 Å². The summed E-state index contributed by atoms with van der Waals surface area (Å²) in [6, 6.07) is 8.59. The second-order valence-electron chi connectivity index (χ2n) is 4.34. The van der Waals surface area contributed by atoms with Crippen LogP contribution in [0, 0.1) is 20.8 Å². The third kappa shape index (κ3) is 3.38. The van der Waals surface area contributed by atoms with Gasteiger partial charge in [0.2, 0.25) is 0 Å². The number of thiazole rings is 1. The van der Waals surface area contributed by atoms with Crippen molar-refractivity contribution >= 4 is 11.3 Å². The van der Waals surface area contributed by atoms with Gasteiger partial charge in [-0.3, -0.25) is 0 Å². The molecular weight excluding hydrogens is 228 g/mol. The number of aromatic nitrogens is 1. The van der Waals surface area contributed by atoms with Crippen molar-refractivity contribution in [3.8, 4) is 0 Å². The number of rotatable bonds is 4. The monoisotopic (exact) mass is 246 g/mol. The van der Waals surface area contributed by atoms with E-state index in [1.165, 1.54) is 21.0 Å². The van der Waals surface area contributed by atoms with Crippen molar-refractivity contribution in [2.75, 3.05) is 0 Å². The number of aryl methyl sites for hydroxylation is 3. The van der Waals surface area contributed by atoms with Crippen LogP contribution < -0.4 is 5.32 Å². The van der Waals surface area contributed by atoms with Crippen molar-refractivity contribution in [3.63, 3.8) is 0 Å². The molecule has 0 saturated heterocycles. The standard InChI is InChI=1S/C14H18N2S/c1-10-5-4-6-13(7-10)8-15-9-14-16-11(2)12(3)17-14/h4-7,15H,8-9H2,1-3H3. The average molecular weight is 246 g/mol. The van der Waals surface area contributed by atoms with Crippen LogP contribution in [-0.4, -0.2) is 4.98 Å². The van der Waals surface area contributed by atoms with E-state index in [9.17, 15) is 0 Å². The molecule has 1 aromatic carbocycles. The van der Waals surface area contributed by atoms with Gasteiger partial charge in [0, 0.05) is 18.0 Å². The highest BCUT2D eigenvalue weighted by molar-refractivity contribution is 7.11. The molecule has 0 fully saturated rings. The minimum atomic E-state index is 0.854. The Kier molecular flexibility index (Phi) is 3.92. The molecule has 1 heterocycles. The number of hydrogen-bond donors (Lipinski definition) is 1. The first-order valence-corrected chi connectivity index (χ1v) is 6.66. The van der Waals surface area contributed by atoms with Crippen LogP contribution in [0.15, 0.2) is 24.3 Å². The Morgan fingerprint density at radius 1 is 1.18 bits per heavy atom. The summed E-state index contributed by atoms with van der Waals surface area (Å²) in [5, 5.41) is 4.61. The van der Waals surface area contributed by atoms with Crippen molar-refractivity contribution in [2.24, 2.45) is 0 Å². The molecule has 0 spiro atoms. The number of benzene rings is 1. The lowest BCUT2D eigenvalue weighted by Gasteiger charge is -2.03. The highest BCUT2D eigenvalue weighted by Gasteiger charge is 2.02. The van der Waals surface area contributed by atoms with Gasteiger partial charge in [0.25, 0.3) is 0 Å². The van der Waals surface area contributed by atoms with E-state index >= 15 is 0 Å². The third-order valence-corrected chi connectivity index (χ3v) is 3.83. The first-order chi connectivity index (χ1) is 8.15. The van der Waals surface area contributed by atoms with Crippen LogP contribution in [0.2, 0.25) is 0 Å². The Morgan fingerprint density at radius 2 is 2.00 bits per heavy atom. The summed E-state index contributed by atoms with van der Waals surface area (Å²) in [4.78, 5) is 5.83. The van der Waals surface area contributed by atoms with E-state index in [0.717, 1.165) is 18.8 Å². The quantitative estimate of drug-likeness (QED) is 0.894. The van der Waals surface area contributed by atoms with Gasteiger partial charge in [-0.25, -0.2) is 4.98 Å². The first kappa shape index (κ1) is 12.3. The van der Waals surface area contributed by atoms with E-state index in [4.69, 9.17) is 0 Å². The molecular formula is C14H18N2S. The highest BCUT2D eigenvalue weighted by Crippen LogP contribution is 2.16. The summed E-state index contributed by atoms with van der Waals surface area (Å²) in [6.45, 7) is 8.07. The van der Waals surface area contributed by atoms with Crippen LogP contribution in [0.1, 0.15) is 26.7 Å². The zero-order valence-corrected chi connectivity index (χ0v) is 11.4. The Hall–Kier alpha value is -1.19. The van der Waals surface area contributed by atoms with E-state index in [0.29, 0.717) is 0 Å². The Morgan fingerprint density at radius 3 is 2.65 bits per heavy atom. The largest absolute Gasteiger partial charge is 0.306 e. The fourth-order valence-corrected chi connectivity index (χ4v) is 2.65. The second-order valence-corrected chi connectivity index (χ2v) is 5.63. The molecule has 2 nitrogen and oxygen atoms in total. The SMILES string of the molecule is Cc1cccc(CNCc2nc(C)c(C)s2)c1. The van der Waals surface area contributed by atoms with E-state index in [1.54, 1.807) is 11.3 Å². The molecule has 0 amide bonds. The normalized spacial score (nSPS) is 10.8. The first-order valence-electron chi connectivity index (χ1n) is 5.84. The summed E-state index contributed by atoms with van der Waals surface area (Å²) in [5.74, 6) is 0. The molecule has 0 saturated carbocycles. The molecule has 3 heteroatoms. The summed E-state index contributed by atoms with van der Waals surface area (Å²) in [6.07, 6.45) is 0. The molecule has 0 aliphatic rings. The van der Waals surface area contributed by atoms with Gasteiger partial charge in [-0.15, -0.1) is 11.3 Å². The number of hydrogen-bond acceptors (Lipinski definition) is 3. The minimum absolute atomic E-state index is 0.854. The van der Waals surface area contributed by atoms with Crippen molar-refractivity contribution in [1.82, 2.24) is 10.3 Å². The predicted octanol–water partition coefficient (Wildman–Crippen LogP) is 3.36. The molecule has 2 aromatic rings. The molecule has 2 rings (SSSR count). The lowest BCUT2D eigenvalue weighted by molar-refractivity contribution is 0.688. The van der Waals surface area contributed by atoms with Crippen molar-refractivity contribution in [1.29, 1.82) is 0 Å². The lowest BCUT2D eigenvalue weighted by Crippen LogP contribution is -2.12. The fourth-order valence-electron chi connectivity index (χ4n) is 1.75. The van der Waals surface area contributed by atoms with Gasteiger partial charge in [-0.2, -0.15) is 0 Å². The predicted molar refractivity (Wildman–Crippen MR) is 73.3 cm³/mol. The van der Waals surface area contributed by atoms with Gasteiger partial charge in [-0.05, 0) is 26.3 Å². The highest BCUT2D eigenvalue weighted by atomic mass is 32.1. The Labute approximate surface area is 107 Å². The Bertz CT molecular complexity index is 483. The van der Waals surface area contributed by atoms with Gasteiger partial charge < -0.3 is 5.32 Å². The van der Waals surface area contributed by atoms with Gasteiger partial charge >= 0.3 is 0 Å². The molecule has 0 radical (unpaired) electrons. The molecule has 90 valence electrons. The van der Waals surface area contributed by atoms with Gasteiger partial charge in [0.15, 0.2) is 0 Å². The molecule has 1 aromatic heterocycles. The third-order valence-electron chi connectivity index (χ3n) is 2.76. The topological polar surface area (TPSA) is 24.9 Å². The van der Waals surface area contributed by atoms with Gasteiger partial charge in [0.1, 0.15) is 5.01 Å². The van der Waals surface area contributed by atoms with Crippen molar-refractivity contribution in [2.45, 2.75) is 33.9 Å². The van der Waals surface area contributed by atoms with Crippen LogP contribution in [0.3, 0.4) is 0 Å². The van der Waals surface area contributed by atoms with E-state index in [2.05, 4.69) is 55.3 Å². The maximum absolute atomic E-state index is 4.51. The zero-order chi connectivity index (χ0) is 12.3. The summed E-state index contributed by atoms with van der Waals surface area (Å²) in [5.41, 5.74) is 3.79. The molecule has 1 N–H and O–H groups in total. The van der Waals surface area contributed by atoms with Crippen LogP contribution >= 0.6 is 11.3 Å². The van der Waals surface area contributed by atoms with Crippen molar-refractivity contribution in [3.05, 3.63) is 51.0 Å². The van der Waals surface area contributed by atoms with Gasteiger partial charge in [-0.1, -0.05) is 29.8 Å². The molecule has 0 aliphatic carbocycles. The Balaban J connectivity index is 1.87. The zero-order valence-electron chi connectivity index (χ0n) is 10.6. The number of nitrogens with zero attached hydrogens (tertiary/aromatic N) is 1. The average Bonchev–Trinajstić information content (AvgIpc) is 2.58. The van der Waals surface area contributed by atoms with Crippen LogP contribution in [0.5, 0.6) is 0 Å². The second kappa shape index (κ2) is 5.43. The van der Waals surface area contributed by atoms with Gasteiger partial charge in [0.05, 0.1) is 5.69 Å². The fraction of sp³-hybridized carbons (Fsp3) is 0.357. The molecule has 17 heavy (non-hydrogen) atoms. The summed E-state index contributed by atoms with van der Waals surface area (Å²) < 4.78 is 0. The maximum atomic E-state index is 4.51. The molecule has 0 atom stereocenters. The van der Waals surface area contributed by atoms with E-state index in [1.807, 2.05) is 0 Å². The smallest absolute Gasteiger partial charge is 0.107 e. The van der Waals surface area contributed by atoms with Crippen LogP contribution in [0.25, 0.3) is 0 Å². The molecule has 0 bridgehead atoms. The van der Waals surface area contributed by atoms with Crippen LogP contribution in [0.4, 0.5) is 0 Å². The minimum Gasteiger partial charge on any atom is -0.306 e. The lowest BCUT2D eigenvalue weighted by atomic mass is 10.1. The van der Waals surface area contributed by atoms with Crippen molar-refractivity contribution < 1.29 is 0 Å². The number of nitrogens with one attached hydrogen (secondary N) is 1. The molecule has 0 unspecified atom stereocenters. The molecule has 0 aliphatic heterocycles. The summed E-state index contributed by atoms with van der Waals surface area (Å²) in [7, 11) is 0. The summed E-state index contributed by atoms with van der Waals surface area (Å²) >= 11 is 1.78. The maximum Gasteiger partial charge on any atom is 0.107 e. The van der Waals surface area contributed by atoms with E-state index in [-0.39, 0.29) is 0 Å². The van der Waals surface area contributed by atoms with Crippen LogP contribution in [-0.2, 0) is 13.1 Å².